The van der Waals surface area contributed by atoms with E-state index >= 15 is 0 Å². The molecule has 1 aliphatic heterocycles. The average molecular weight is 297 g/mol. The fourth-order valence-electron chi connectivity index (χ4n) is 3.15. The molecular weight excluding hydrogens is 278 g/mol. The van der Waals surface area contributed by atoms with Gasteiger partial charge in [-0.1, -0.05) is 6.07 Å². The first-order valence-corrected chi connectivity index (χ1v) is 7.54. The van der Waals surface area contributed by atoms with Crippen molar-refractivity contribution in [3.05, 3.63) is 23.8 Å². The summed E-state index contributed by atoms with van der Waals surface area (Å²) in [5, 5.41) is 4.30. The van der Waals surface area contributed by atoms with Crippen molar-refractivity contribution < 1.29 is 4.42 Å². The number of aromatic nitrogens is 2. The van der Waals surface area contributed by atoms with E-state index in [1.807, 2.05) is 26.1 Å². The Morgan fingerprint density at radius 2 is 2.23 bits per heavy atom. The van der Waals surface area contributed by atoms with Crippen LogP contribution in [-0.4, -0.2) is 36.1 Å². The van der Waals surface area contributed by atoms with Gasteiger partial charge in [0.25, 0.3) is 0 Å². The number of hydrogen-bond acceptors (Lipinski definition) is 6. The van der Waals surface area contributed by atoms with Crippen LogP contribution in [0.25, 0.3) is 22.1 Å². The monoisotopic (exact) mass is 297 g/mol. The molecule has 3 aromatic rings. The highest BCUT2D eigenvalue weighted by Crippen LogP contribution is 2.34. The van der Waals surface area contributed by atoms with Crippen LogP contribution in [-0.2, 0) is 0 Å². The third kappa shape index (κ3) is 1.99. The molecule has 6 nitrogen and oxygen atoms in total. The van der Waals surface area contributed by atoms with Crippen molar-refractivity contribution in [2.45, 2.75) is 19.4 Å². The van der Waals surface area contributed by atoms with Gasteiger partial charge in [-0.2, -0.15) is 4.98 Å². The van der Waals surface area contributed by atoms with E-state index in [9.17, 15) is 0 Å². The summed E-state index contributed by atoms with van der Waals surface area (Å²) in [4.78, 5) is 11.1. The molecule has 114 valence electrons. The second-order valence-corrected chi connectivity index (χ2v) is 5.91. The lowest BCUT2D eigenvalue weighted by atomic mass is 10.2. The largest absolute Gasteiger partial charge is 0.450 e. The third-order valence-corrected chi connectivity index (χ3v) is 4.37. The van der Waals surface area contributed by atoms with Crippen LogP contribution in [0, 0.1) is 6.92 Å². The number of rotatable bonds is 2. The Morgan fingerprint density at radius 3 is 3.00 bits per heavy atom. The molecule has 0 spiro atoms. The number of likely N-dealkylation sites (N-methyl/N-ethyl adjacent to an activating group) is 1. The SMILES string of the molecule is CN[C@@H]1CCN(c2nc(N)nc3c2oc2cc(C)ccc23)C1. The van der Waals surface area contributed by atoms with Gasteiger partial charge in [0, 0.05) is 24.5 Å². The highest BCUT2D eigenvalue weighted by molar-refractivity contribution is 6.06. The number of anilines is 2. The Bertz CT molecular complexity index is 856. The van der Waals surface area contributed by atoms with E-state index in [1.54, 1.807) is 0 Å². The molecule has 1 aromatic carbocycles. The molecule has 0 bridgehead atoms. The first-order chi connectivity index (χ1) is 10.7. The summed E-state index contributed by atoms with van der Waals surface area (Å²) in [6.45, 7) is 3.89. The number of nitrogens with zero attached hydrogens (tertiary/aromatic N) is 3. The third-order valence-electron chi connectivity index (χ3n) is 4.37. The molecule has 0 saturated carbocycles. The molecule has 4 rings (SSSR count). The van der Waals surface area contributed by atoms with E-state index < -0.39 is 0 Å². The Kier molecular flexibility index (Phi) is 2.94. The van der Waals surface area contributed by atoms with Crippen LogP contribution in [0.4, 0.5) is 11.8 Å². The maximum atomic E-state index is 6.06. The summed E-state index contributed by atoms with van der Waals surface area (Å²) in [6, 6.07) is 6.59. The van der Waals surface area contributed by atoms with Crippen molar-refractivity contribution in [3.8, 4) is 0 Å². The van der Waals surface area contributed by atoms with Crippen molar-refractivity contribution in [1.29, 1.82) is 0 Å². The molecule has 3 heterocycles. The van der Waals surface area contributed by atoms with Crippen LogP contribution in [0.1, 0.15) is 12.0 Å². The lowest BCUT2D eigenvalue weighted by molar-refractivity contribution is 0.615. The standard InChI is InChI=1S/C16H19N5O/c1-9-3-4-11-12(7-9)22-14-13(11)19-16(17)20-15(14)21-6-5-10(8-21)18-2/h3-4,7,10,18H,5-6,8H2,1-2H3,(H2,17,19,20)/t10-/m1/s1. The van der Waals surface area contributed by atoms with Gasteiger partial charge in [0.2, 0.25) is 5.95 Å². The van der Waals surface area contributed by atoms with Gasteiger partial charge in [-0.15, -0.1) is 0 Å². The van der Waals surface area contributed by atoms with E-state index in [2.05, 4.69) is 26.3 Å². The van der Waals surface area contributed by atoms with E-state index in [4.69, 9.17) is 10.2 Å². The van der Waals surface area contributed by atoms with Crippen molar-refractivity contribution in [2.75, 3.05) is 30.8 Å². The van der Waals surface area contributed by atoms with Gasteiger partial charge < -0.3 is 20.4 Å². The Hall–Kier alpha value is -2.34. The molecule has 0 unspecified atom stereocenters. The normalized spacial score (nSPS) is 18.6. The smallest absolute Gasteiger partial charge is 0.222 e. The van der Waals surface area contributed by atoms with Crippen molar-refractivity contribution >= 4 is 33.8 Å². The quantitative estimate of drug-likeness (QED) is 0.753. The molecule has 22 heavy (non-hydrogen) atoms. The van der Waals surface area contributed by atoms with E-state index in [1.165, 1.54) is 0 Å². The number of nitrogens with two attached hydrogens (primary N) is 1. The topological polar surface area (TPSA) is 80.2 Å². The summed E-state index contributed by atoms with van der Waals surface area (Å²) >= 11 is 0. The summed E-state index contributed by atoms with van der Waals surface area (Å²) in [5.41, 5.74) is 9.45. The summed E-state index contributed by atoms with van der Waals surface area (Å²) < 4.78 is 6.06. The zero-order valence-corrected chi connectivity index (χ0v) is 12.8. The predicted molar refractivity (Wildman–Crippen MR) is 88.1 cm³/mol. The van der Waals surface area contributed by atoms with Gasteiger partial charge in [0.15, 0.2) is 11.4 Å². The van der Waals surface area contributed by atoms with Gasteiger partial charge in [-0.25, -0.2) is 4.98 Å². The number of benzene rings is 1. The van der Waals surface area contributed by atoms with Crippen LogP contribution in [0.3, 0.4) is 0 Å². The van der Waals surface area contributed by atoms with Crippen LogP contribution in [0.5, 0.6) is 0 Å². The van der Waals surface area contributed by atoms with Gasteiger partial charge >= 0.3 is 0 Å². The van der Waals surface area contributed by atoms with Crippen LogP contribution in [0.15, 0.2) is 22.6 Å². The first kappa shape index (κ1) is 13.3. The lowest BCUT2D eigenvalue weighted by Gasteiger charge is -2.17. The number of hydrogen-bond donors (Lipinski definition) is 2. The summed E-state index contributed by atoms with van der Waals surface area (Å²) in [5.74, 6) is 1.09. The molecule has 0 radical (unpaired) electrons. The van der Waals surface area contributed by atoms with Crippen LogP contribution < -0.4 is 16.0 Å². The number of aryl methyl sites for hydroxylation is 1. The van der Waals surface area contributed by atoms with Gasteiger partial charge in [0.05, 0.1) is 0 Å². The number of nitrogens with one attached hydrogen (secondary N) is 1. The molecule has 1 atom stereocenters. The maximum absolute atomic E-state index is 6.06. The molecule has 6 heteroatoms. The zero-order valence-electron chi connectivity index (χ0n) is 12.8. The minimum Gasteiger partial charge on any atom is -0.450 e. The van der Waals surface area contributed by atoms with E-state index in [0.29, 0.717) is 12.0 Å². The first-order valence-electron chi connectivity index (χ1n) is 7.54. The highest BCUT2D eigenvalue weighted by atomic mass is 16.3. The fourth-order valence-corrected chi connectivity index (χ4v) is 3.15. The van der Waals surface area contributed by atoms with Crippen LogP contribution >= 0.6 is 0 Å². The minimum atomic E-state index is 0.290. The van der Waals surface area contributed by atoms with E-state index in [-0.39, 0.29) is 0 Å². The molecule has 1 aliphatic rings. The lowest BCUT2D eigenvalue weighted by Crippen LogP contribution is -2.30. The Labute approximate surface area is 128 Å². The molecule has 1 saturated heterocycles. The highest BCUT2D eigenvalue weighted by Gasteiger charge is 2.26. The molecular formula is C16H19N5O. The summed E-state index contributed by atoms with van der Waals surface area (Å²) in [7, 11) is 1.99. The second kappa shape index (κ2) is 4.84. The number of nitrogen functional groups attached to an aromatic ring is 1. The Morgan fingerprint density at radius 1 is 1.36 bits per heavy atom. The van der Waals surface area contributed by atoms with Gasteiger partial charge in [-0.3, -0.25) is 0 Å². The molecule has 1 fully saturated rings. The summed E-state index contributed by atoms with van der Waals surface area (Å²) in [6.07, 6.45) is 1.08. The van der Waals surface area contributed by atoms with Crippen LogP contribution in [0.2, 0.25) is 0 Å². The van der Waals surface area contributed by atoms with Crippen molar-refractivity contribution in [3.63, 3.8) is 0 Å². The second-order valence-electron chi connectivity index (χ2n) is 5.91. The van der Waals surface area contributed by atoms with Gasteiger partial charge in [0.1, 0.15) is 11.1 Å². The fraction of sp³-hybridized carbons (Fsp3) is 0.375. The van der Waals surface area contributed by atoms with Gasteiger partial charge in [-0.05, 0) is 38.1 Å². The molecule has 0 aliphatic carbocycles. The maximum Gasteiger partial charge on any atom is 0.222 e. The zero-order chi connectivity index (χ0) is 15.3. The number of fused-ring (bicyclic) bond motifs is 3. The minimum absolute atomic E-state index is 0.290. The molecule has 0 amide bonds. The van der Waals surface area contributed by atoms with Crippen molar-refractivity contribution in [2.24, 2.45) is 0 Å². The average Bonchev–Trinajstić information content (AvgIpc) is 3.10. The Balaban J connectivity index is 1.92. The predicted octanol–water partition coefficient (Wildman–Crippen LogP) is 2.06. The molecule has 3 N–H and O–H groups in total. The van der Waals surface area contributed by atoms with E-state index in [0.717, 1.165) is 53.0 Å². The van der Waals surface area contributed by atoms with Crippen molar-refractivity contribution in [1.82, 2.24) is 15.3 Å². The molecule has 2 aromatic heterocycles. The number of furan rings is 1.